The van der Waals surface area contributed by atoms with Gasteiger partial charge in [0.2, 0.25) is 0 Å². The molecule has 0 aliphatic heterocycles. The second-order valence-electron chi connectivity index (χ2n) is 6.72. The molecule has 0 aliphatic carbocycles. The van der Waals surface area contributed by atoms with Crippen molar-refractivity contribution in [1.82, 2.24) is 10.9 Å². The smallest absolute Gasteiger partial charge is 0.307 e. The summed E-state index contributed by atoms with van der Waals surface area (Å²) in [5.74, 6) is -2.76. The average Bonchev–Trinajstić information content (AvgIpc) is 2.79. The van der Waals surface area contributed by atoms with Crippen LogP contribution in [0.15, 0.2) is 71.6 Å². The van der Waals surface area contributed by atoms with Crippen LogP contribution in [-0.2, 0) is 24.2 Å². The normalized spacial score (nSPS) is 11.0. The maximum absolute atomic E-state index is 12.5. The van der Waals surface area contributed by atoms with E-state index in [1.807, 2.05) is 12.1 Å². The lowest BCUT2D eigenvalue weighted by Gasteiger charge is -2.09. The number of carbonyl (C=O) groups excluding carboxylic acids is 3. The van der Waals surface area contributed by atoms with Crippen LogP contribution in [0.2, 0.25) is 5.02 Å². The molecule has 2 amide bonds. The summed E-state index contributed by atoms with van der Waals surface area (Å²) in [6.45, 7) is -0.683. The van der Waals surface area contributed by atoms with Crippen molar-refractivity contribution in [3.05, 3.63) is 77.3 Å². The van der Waals surface area contributed by atoms with Crippen LogP contribution in [0.3, 0.4) is 0 Å². The minimum absolute atomic E-state index is 0.101. The van der Waals surface area contributed by atoms with Gasteiger partial charge in [-0.3, -0.25) is 25.2 Å². The molecule has 0 radical (unpaired) electrons. The van der Waals surface area contributed by atoms with Crippen molar-refractivity contribution in [2.24, 2.45) is 0 Å². The maximum atomic E-state index is 12.5. The van der Waals surface area contributed by atoms with Crippen molar-refractivity contribution < 1.29 is 27.5 Å². The van der Waals surface area contributed by atoms with Gasteiger partial charge < -0.3 is 4.74 Å². The second kappa shape index (κ2) is 10.3. The molecule has 0 saturated carbocycles. The number of amides is 2. The molecule has 0 unspecified atom stereocenters. The van der Waals surface area contributed by atoms with E-state index in [9.17, 15) is 22.8 Å². The summed E-state index contributed by atoms with van der Waals surface area (Å²) in [7, 11) is -3.71. The molecule has 166 valence electrons. The summed E-state index contributed by atoms with van der Waals surface area (Å²) in [5, 5.41) is 1.88. The van der Waals surface area contributed by atoms with Crippen LogP contribution in [0.4, 0.5) is 0 Å². The van der Waals surface area contributed by atoms with Crippen LogP contribution in [0, 0.1) is 0 Å². The summed E-state index contributed by atoms with van der Waals surface area (Å²) in [6.07, 6.45) is -0.422. The molecule has 3 aromatic rings. The molecular formula is C22H19ClN2O6S. The lowest BCUT2D eigenvalue weighted by molar-refractivity contribution is -0.148. The number of sulfone groups is 1. The molecule has 0 aliphatic rings. The minimum atomic E-state index is -3.71. The molecule has 0 spiro atoms. The lowest BCUT2D eigenvalue weighted by atomic mass is 10.1. The number of carbonyl (C=O) groups is 3. The molecule has 32 heavy (non-hydrogen) atoms. The number of rotatable bonds is 7. The van der Waals surface area contributed by atoms with Gasteiger partial charge in [-0.15, -0.1) is 0 Å². The van der Waals surface area contributed by atoms with Gasteiger partial charge >= 0.3 is 5.97 Å². The highest BCUT2D eigenvalue weighted by Gasteiger charge is 2.18. The van der Waals surface area contributed by atoms with E-state index < -0.39 is 46.4 Å². The van der Waals surface area contributed by atoms with Gasteiger partial charge in [-0.1, -0.05) is 54.1 Å². The van der Waals surface area contributed by atoms with E-state index in [2.05, 4.69) is 10.9 Å². The van der Waals surface area contributed by atoms with Gasteiger partial charge in [0.1, 0.15) is 0 Å². The molecule has 0 bridgehead atoms. The van der Waals surface area contributed by atoms with Crippen LogP contribution >= 0.6 is 11.6 Å². The quantitative estimate of drug-likeness (QED) is 0.401. The van der Waals surface area contributed by atoms with Crippen molar-refractivity contribution in [2.75, 3.05) is 12.4 Å². The monoisotopic (exact) mass is 474 g/mol. The summed E-state index contributed by atoms with van der Waals surface area (Å²) in [4.78, 5) is 35.7. The lowest BCUT2D eigenvalue weighted by Crippen LogP contribution is -2.43. The van der Waals surface area contributed by atoms with E-state index in [4.69, 9.17) is 16.3 Å². The van der Waals surface area contributed by atoms with Crippen LogP contribution in [0.25, 0.3) is 10.8 Å². The first-order valence-corrected chi connectivity index (χ1v) is 11.5. The first kappa shape index (κ1) is 23.2. The first-order chi connectivity index (χ1) is 15.3. The Labute approximate surface area is 189 Å². The van der Waals surface area contributed by atoms with Gasteiger partial charge in [-0.05, 0) is 35.0 Å². The maximum Gasteiger partial charge on any atom is 0.307 e. The molecule has 10 heteroatoms. The highest BCUT2D eigenvalue weighted by molar-refractivity contribution is 7.91. The van der Waals surface area contributed by atoms with Crippen molar-refractivity contribution in [3.8, 4) is 0 Å². The summed E-state index contributed by atoms with van der Waals surface area (Å²) < 4.78 is 29.8. The number of hydrazine groups is 1. The Bertz CT molecular complexity index is 1280. The largest absolute Gasteiger partial charge is 0.455 e. The molecular weight excluding hydrogens is 456 g/mol. The molecule has 0 fully saturated rings. The SMILES string of the molecule is O=C(COC(=O)CCS(=O)(=O)c1ccc2ccccc2c1)NNC(=O)c1ccccc1Cl. The average molecular weight is 475 g/mol. The Morgan fingerprint density at radius 3 is 2.31 bits per heavy atom. The van der Waals surface area contributed by atoms with E-state index in [-0.39, 0.29) is 15.5 Å². The molecule has 0 heterocycles. The van der Waals surface area contributed by atoms with Crippen molar-refractivity contribution in [2.45, 2.75) is 11.3 Å². The van der Waals surface area contributed by atoms with Gasteiger partial charge in [0.15, 0.2) is 16.4 Å². The van der Waals surface area contributed by atoms with E-state index >= 15 is 0 Å². The molecule has 0 atom stereocenters. The van der Waals surface area contributed by atoms with Crippen molar-refractivity contribution in [1.29, 1.82) is 0 Å². The Morgan fingerprint density at radius 1 is 0.875 bits per heavy atom. The van der Waals surface area contributed by atoms with Gasteiger partial charge in [0.25, 0.3) is 11.8 Å². The van der Waals surface area contributed by atoms with E-state index in [1.165, 1.54) is 18.2 Å². The number of fused-ring (bicyclic) bond motifs is 1. The second-order valence-corrected chi connectivity index (χ2v) is 9.24. The van der Waals surface area contributed by atoms with Gasteiger partial charge in [-0.25, -0.2) is 8.42 Å². The number of hydrogen-bond donors (Lipinski definition) is 2. The van der Waals surface area contributed by atoms with E-state index in [1.54, 1.807) is 36.4 Å². The molecule has 8 nitrogen and oxygen atoms in total. The summed E-state index contributed by atoms with van der Waals surface area (Å²) in [5.41, 5.74) is 4.39. The van der Waals surface area contributed by atoms with Gasteiger partial charge in [0.05, 0.1) is 27.7 Å². The fourth-order valence-corrected chi connectivity index (χ4v) is 4.26. The van der Waals surface area contributed by atoms with E-state index in [0.29, 0.717) is 0 Å². The number of benzene rings is 3. The topological polar surface area (TPSA) is 119 Å². The first-order valence-electron chi connectivity index (χ1n) is 9.47. The molecule has 3 rings (SSSR count). The number of hydrogen-bond acceptors (Lipinski definition) is 6. The fourth-order valence-electron chi connectivity index (χ4n) is 2.79. The highest BCUT2D eigenvalue weighted by atomic mass is 35.5. The molecule has 0 saturated heterocycles. The predicted octanol–water partition coefficient (Wildman–Crippen LogP) is 2.66. The Balaban J connectivity index is 1.45. The number of ether oxygens (including phenoxy) is 1. The Morgan fingerprint density at radius 2 is 1.56 bits per heavy atom. The summed E-state index contributed by atoms with van der Waals surface area (Å²) in [6, 6.07) is 18.3. The van der Waals surface area contributed by atoms with Crippen LogP contribution in [0.5, 0.6) is 0 Å². The molecule has 2 N–H and O–H groups in total. The number of esters is 1. The third-order valence-corrected chi connectivity index (χ3v) is 6.50. The van der Waals surface area contributed by atoms with Crippen molar-refractivity contribution in [3.63, 3.8) is 0 Å². The van der Waals surface area contributed by atoms with Gasteiger partial charge in [0, 0.05) is 0 Å². The minimum Gasteiger partial charge on any atom is -0.455 e. The molecule has 3 aromatic carbocycles. The van der Waals surface area contributed by atoms with Crippen molar-refractivity contribution >= 4 is 50.0 Å². The zero-order valence-electron chi connectivity index (χ0n) is 16.7. The summed E-state index contributed by atoms with van der Waals surface area (Å²) >= 11 is 5.89. The van der Waals surface area contributed by atoms with Crippen LogP contribution in [0.1, 0.15) is 16.8 Å². The number of halogens is 1. The fraction of sp³-hybridized carbons (Fsp3) is 0.136. The third kappa shape index (κ3) is 6.05. The Hall–Kier alpha value is -3.43. The Kier molecular flexibility index (Phi) is 7.45. The van der Waals surface area contributed by atoms with Crippen LogP contribution in [-0.4, -0.2) is 38.6 Å². The third-order valence-electron chi connectivity index (χ3n) is 4.45. The highest BCUT2D eigenvalue weighted by Crippen LogP contribution is 2.20. The standard InChI is InChI=1S/C22H19ClN2O6S/c23-19-8-4-3-7-18(19)22(28)25-24-20(26)14-31-21(27)11-12-32(29,30)17-10-9-15-5-1-2-6-16(15)13-17/h1-10,13H,11-12,14H2,(H,24,26)(H,25,28). The van der Waals surface area contributed by atoms with E-state index in [0.717, 1.165) is 10.8 Å². The van der Waals surface area contributed by atoms with Crippen LogP contribution < -0.4 is 10.9 Å². The number of nitrogens with one attached hydrogen (secondary N) is 2. The molecule has 0 aromatic heterocycles. The predicted molar refractivity (Wildman–Crippen MR) is 119 cm³/mol. The zero-order chi connectivity index (χ0) is 23.1. The zero-order valence-corrected chi connectivity index (χ0v) is 18.3. The van der Waals surface area contributed by atoms with Gasteiger partial charge in [-0.2, -0.15) is 0 Å².